The molecule has 2 rings (SSSR count). The summed E-state index contributed by atoms with van der Waals surface area (Å²) in [7, 11) is 1.52. The highest BCUT2D eigenvalue weighted by Crippen LogP contribution is 2.25. The van der Waals surface area contributed by atoms with E-state index < -0.39 is 11.8 Å². The minimum atomic E-state index is -0.469. The summed E-state index contributed by atoms with van der Waals surface area (Å²) < 4.78 is 5.72. The van der Waals surface area contributed by atoms with Crippen LogP contribution in [0.4, 0.5) is 0 Å². The van der Waals surface area contributed by atoms with Gasteiger partial charge in [0.15, 0.2) is 5.11 Å². The van der Waals surface area contributed by atoms with Gasteiger partial charge in [-0.15, -0.1) is 0 Å². The molecule has 0 heterocycles. The van der Waals surface area contributed by atoms with Crippen molar-refractivity contribution in [3.63, 3.8) is 0 Å². The lowest BCUT2D eigenvalue weighted by atomic mass is 10.2. The van der Waals surface area contributed by atoms with Gasteiger partial charge in [-0.2, -0.15) is 0 Å². The summed E-state index contributed by atoms with van der Waals surface area (Å²) in [6.07, 6.45) is 0. The molecule has 9 heteroatoms. The van der Waals surface area contributed by atoms with Crippen LogP contribution in [0.1, 0.15) is 20.7 Å². The topological polar surface area (TPSA) is 99.7 Å². The first-order valence-electron chi connectivity index (χ1n) is 6.95. The van der Waals surface area contributed by atoms with E-state index in [0.29, 0.717) is 21.3 Å². The molecule has 0 fully saturated rings. The molecule has 0 atom stereocenters. The van der Waals surface area contributed by atoms with Crippen molar-refractivity contribution in [2.75, 3.05) is 7.11 Å². The summed E-state index contributed by atoms with van der Waals surface area (Å²) in [5.74, 6) is -0.264. The van der Waals surface area contributed by atoms with Gasteiger partial charge >= 0.3 is 0 Å². The van der Waals surface area contributed by atoms with E-state index >= 15 is 0 Å². The van der Waals surface area contributed by atoms with Crippen LogP contribution in [0, 0.1) is 0 Å². The number of nitrogens with one attached hydrogen (secondary N) is 3. The molecule has 25 heavy (non-hydrogen) atoms. The zero-order chi connectivity index (χ0) is 18.4. The van der Waals surface area contributed by atoms with Gasteiger partial charge in [-0.25, -0.2) is 0 Å². The van der Waals surface area contributed by atoms with Crippen molar-refractivity contribution in [1.29, 1.82) is 0 Å². The Balaban J connectivity index is 1.89. The molecular formula is C16H14BrN3O4S. The van der Waals surface area contributed by atoms with Crippen molar-refractivity contribution >= 4 is 45.1 Å². The highest BCUT2D eigenvalue weighted by Gasteiger charge is 2.11. The predicted molar refractivity (Wildman–Crippen MR) is 99.5 cm³/mol. The van der Waals surface area contributed by atoms with Gasteiger partial charge in [0.2, 0.25) is 0 Å². The maximum atomic E-state index is 12.1. The molecule has 7 nitrogen and oxygen atoms in total. The molecule has 0 spiro atoms. The summed E-state index contributed by atoms with van der Waals surface area (Å²) >= 11 is 8.26. The van der Waals surface area contributed by atoms with Gasteiger partial charge in [0.25, 0.3) is 11.8 Å². The highest BCUT2D eigenvalue weighted by molar-refractivity contribution is 9.10. The summed E-state index contributed by atoms with van der Waals surface area (Å²) in [6.45, 7) is 0. The van der Waals surface area contributed by atoms with E-state index in [1.807, 2.05) is 0 Å². The van der Waals surface area contributed by atoms with Crippen molar-refractivity contribution < 1.29 is 19.4 Å². The van der Waals surface area contributed by atoms with Gasteiger partial charge in [0.05, 0.1) is 11.6 Å². The molecule has 0 aliphatic rings. The third-order valence-corrected chi connectivity index (χ3v) is 3.88. The van der Waals surface area contributed by atoms with Gasteiger partial charge in [-0.05, 0) is 70.6 Å². The first kappa shape index (κ1) is 18.7. The molecule has 0 bridgehead atoms. The molecule has 0 aliphatic carbocycles. The number of benzene rings is 2. The fourth-order valence-corrected chi connectivity index (χ4v) is 2.50. The van der Waals surface area contributed by atoms with Crippen LogP contribution in [0.2, 0.25) is 0 Å². The second kappa shape index (κ2) is 8.45. The van der Waals surface area contributed by atoms with E-state index in [2.05, 4.69) is 32.1 Å². The highest BCUT2D eigenvalue weighted by atomic mass is 79.9. The van der Waals surface area contributed by atoms with E-state index in [-0.39, 0.29) is 10.9 Å². The monoisotopic (exact) mass is 423 g/mol. The Morgan fingerprint density at radius 3 is 2.28 bits per heavy atom. The summed E-state index contributed by atoms with van der Waals surface area (Å²) in [4.78, 5) is 24.0. The fraction of sp³-hybridized carbons (Fsp3) is 0.0625. The first-order chi connectivity index (χ1) is 11.9. The number of carbonyl (C=O) groups is 2. The number of carbonyl (C=O) groups excluding carboxylic acids is 2. The largest absolute Gasteiger partial charge is 0.508 e. The Hall–Kier alpha value is -2.65. The average molecular weight is 424 g/mol. The normalized spacial score (nSPS) is 9.84. The van der Waals surface area contributed by atoms with E-state index in [1.54, 1.807) is 18.2 Å². The van der Waals surface area contributed by atoms with Crippen molar-refractivity contribution in [3.05, 3.63) is 58.1 Å². The van der Waals surface area contributed by atoms with Crippen LogP contribution in [-0.2, 0) is 0 Å². The van der Waals surface area contributed by atoms with Gasteiger partial charge in [0, 0.05) is 11.1 Å². The standard InChI is InChI=1S/C16H14BrN3O4S/c1-24-13-7-4-10(8-12(13)17)14(22)18-16(25)20-19-15(23)9-2-5-11(21)6-3-9/h2-8,21H,1H3,(H,19,23)(H2,18,20,22,25). The smallest absolute Gasteiger partial charge is 0.269 e. The minimum absolute atomic E-state index is 0.0537. The maximum absolute atomic E-state index is 12.1. The number of aromatic hydroxyl groups is 1. The summed E-state index contributed by atoms with van der Waals surface area (Å²) in [5.41, 5.74) is 5.46. The number of hydrogen-bond donors (Lipinski definition) is 4. The Morgan fingerprint density at radius 2 is 1.68 bits per heavy atom. The van der Waals surface area contributed by atoms with Gasteiger partial charge in [-0.3, -0.25) is 25.8 Å². The van der Waals surface area contributed by atoms with Crippen LogP contribution >= 0.6 is 28.1 Å². The molecule has 0 aromatic heterocycles. The molecule has 130 valence electrons. The second-order valence-corrected chi connectivity index (χ2v) is 6.02. The van der Waals surface area contributed by atoms with E-state index in [0.717, 1.165) is 0 Å². The number of ether oxygens (including phenoxy) is 1. The average Bonchev–Trinajstić information content (AvgIpc) is 2.60. The van der Waals surface area contributed by atoms with Crippen LogP contribution in [0.25, 0.3) is 0 Å². The quantitative estimate of drug-likeness (QED) is 0.445. The minimum Gasteiger partial charge on any atom is -0.508 e. The number of methoxy groups -OCH3 is 1. The van der Waals surface area contributed by atoms with Gasteiger partial charge < -0.3 is 9.84 Å². The third-order valence-electron chi connectivity index (χ3n) is 3.06. The molecule has 2 aromatic carbocycles. The lowest BCUT2D eigenvalue weighted by Crippen LogP contribution is -2.48. The predicted octanol–water partition coefficient (Wildman–Crippen LogP) is 2.11. The van der Waals surface area contributed by atoms with E-state index in [4.69, 9.17) is 17.0 Å². The third kappa shape index (κ3) is 5.16. The Bertz CT molecular complexity index is 812. The van der Waals surface area contributed by atoms with Gasteiger partial charge in [0.1, 0.15) is 11.5 Å². The number of halogens is 1. The molecule has 0 aliphatic heterocycles. The number of hydrogen-bond acceptors (Lipinski definition) is 5. The van der Waals surface area contributed by atoms with E-state index in [9.17, 15) is 14.7 Å². The van der Waals surface area contributed by atoms with Crippen molar-refractivity contribution in [1.82, 2.24) is 16.2 Å². The first-order valence-corrected chi connectivity index (χ1v) is 8.15. The molecular weight excluding hydrogens is 410 g/mol. The molecule has 2 amide bonds. The van der Waals surface area contributed by atoms with Gasteiger partial charge in [-0.1, -0.05) is 0 Å². The Labute approximate surface area is 157 Å². The summed E-state index contributed by atoms with van der Waals surface area (Å²) in [5, 5.41) is 11.6. The maximum Gasteiger partial charge on any atom is 0.269 e. The Kier molecular flexibility index (Phi) is 6.31. The summed E-state index contributed by atoms with van der Waals surface area (Å²) in [6, 6.07) is 10.5. The molecule has 0 radical (unpaired) electrons. The molecule has 0 saturated carbocycles. The van der Waals surface area contributed by atoms with Crippen molar-refractivity contribution in [3.8, 4) is 11.5 Å². The second-order valence-electron chi connectivity index (χ2n) is 4.76. The van der Waals surface area contributed by atoms with Crippen molar-refractivity contribution in [2.45, 2.75) is 0 Å². The molecule has 2 aromatic rings. The van der Waals surface area contributed by atoms with Crippen LogP contribution in [0.3, 0.4) is 0 Å². The zero-order valence-electron chi connectivity index (χ0n) is 13.0. The van der Waals surface area contributed by atoms with Crippen LogP contribution in [0.5, 0.6) is 11.5 Å². The SMILES string of the molecule is COc1ccc(C(=O)NC(=S)NNC(=O)c2ccc(O)cc2)cc1Br. The Morgan fingerprint density at radius 1 is 1.04 bits per heavy atom. The molecule has 0 unspecified atom stereocenters. The number of amides is 2. The zero-order valence-corrected chi connectivity index (χ0v) is 15.4. The van der Waals surface area contributed by atoms with E-state index in [1.165, 1.54) is 31.4 Å². The lowest BCUT2D eigenvalue weighted by Gasteiger charge is -2.11. The molecule has 4 N–H and O–H groups in total. The van der Waals surface area contributed by atoms with Crippen LogP contribution in [-0.4, -0.2) is 29.1 Å². The van der Waals surface area contributed by atoms with Crippen LogP contribution < -0.4 is 20.9 Å². The number of thiocarbonyl (C=S) groups is 1. The number of phenolic OH excluding ortho intramolecular Hbond substituents is 1. The fourth-order valence-electron chi connectivity index (χ4n) is 1.81. The number of rotatable bonds is 3. The van der Waals surface area contributed by atoms with Crippen LogP contribution in [0.15, 0.2) is 46.9 Å². The lowest BCUT2D eigenvalue weighted by molar-refractivity contribution is 0.0934. The molecule has 0 saturated heterocycles. The van der Waals surface area contributed by atoms with Crippen molar-refractivity contribution in [2.24, 2.45) is 0 Å². The number of phenols is 1. The number of hydrazine groups is 1.